The fraction of sp³-hybridized carbons (Fsp3) is 0.426. The number of carbonyl (C=O) groups is 3. The topological polar surface area (TPSA) is 123 Å². The van der Waals surface area contributed by atoms with Crippen molar-refractivity contribution in [1.82, 2.24) is 30.0 Å². The molecular formula is C47H57N7O4. The zero-order valence-electron chi connectivity index (χ0n) is 34.7. The van der Waals surface area contributed by atoms with Gasteiger partial charge in [-0.2, -0.15) is 0 Å². The lowest BCUT2D eigenvalue weighted by molar-refractivity contribution is -0.139. The predicted molar refractivity (Wildman–Crippen MR) is 229 cm³/mol. The summed E-state index contributed by atoms with van der Waals surface area (Å²) in [6.45, 7) is 12.8. The molecular weight excluding hydrogens is 727 g/mol. The summed E-state index contributed by atoms with van der Waals surface area (Å²) in [5.74, 6) is 0.731. The van der Waals surface area contributed by atoms with E-state index in [1.165, 1.54) is 7.11 Å². The Hall–Kier alpha value is -5.55. The first-order chi connectivity index (χ1) is 28.1. The number of benzene rings is 3. The second-order valence-corrected chi connectivity index (χ2v) is 16.1. The van der Waals surface area contributed by atoms with Gasteiger partial charge in [0, 0.05) is 31.4 Å². The number of nitrogens with zero attached hydrogens (tertiary/aromatic N) is 5. The van der Waals surface area contributed by atoms with Gasteiger partial charge in [-0.05, 0) is 85.0 Å². The molecule has 3 amide bonds. The molecule has 3 aliphatic rings. The Kier molecular flexibility index (Phi) is 12.3. The van der Waals surface area contributed by atoms with Gasteiger partial charge in [-0.3, -0.25) is 19.5 Å². The normalized spacial score (nSPS) is 19.6. The zero-order valence-corrected chi connectivity index (χ0v) is 34.7. The molecule has 0 spiro atoms. The molecule has 0 saturated carbocycles. The minimum atomic E-state index is -1.09. The molecule has 1 aromatic heterocycles. The summed E-state index contributed by atoms with van der Waals surface area (Å²) in [5, 5.41) is 2.80. The number of imidazole rings is 1. The molecule has 3 aromatic carbocycles. The van der Waals surface area contributed by atoms with E-state index in [1.807, 2.05) is 54.2 Å². The van der Waals surface area contributed by atoms with Crippen LogP contribution in [0.25, 0.3) is 28.0 Å². The summed E-state index contributed by atoms with van der Waals surface area (Å²) in [6, 6.07) is 26.7. The molecule has 4 heterocycles. The number of rotatable bonds is 13. The van der Waals surface area contributed by atoms with Crippen molar-refractivity contribution in [3.63, 3.8) is 0 Å². The first kappa shape index (κ1) is 40.6. The predicted octanol–water partition coefficient (Wildman–Crippen LogP) is 8.44. The average Bonchev–Trinajstić information content (AvgIpc) is 4.10. The minimum absolute atomic E-state index is 0.0899. The second kappa shape index (κ2) is 17.5. The molecule has 2 saturated heterocycles. The number of nitrogens with one attached hydrogen (secondary N) is 2. The molecule has 3 aliphatic heterocycles. The van der Waals surface area contributed by atoms with Gasteiger partial charge in [0.05, 0.1) is 31.1 Å². The van der Waals surface area contributed by atoms with Gasteiger partial charge in [0.2, 0.25) is 11.8 Å². The molecule has 0 aliphatic carbocycles. The Labute approximate surface area is 342 Å². The third-order valence-electron chi connectivity index (χ3n) is 12.6. The van der Waals surface area contributed by atoms with Crippen molar-refractivity contribution < 1.29 is 19.1 Å². The van der Waals surface area contributed by atoms with Crippen LogP contribution in [0.2, 0.25) is 0 Å². The van der Waals surface area contributed by atoms with Gasteiger partial charge >= 0.3 is 6.09 Å². The van der Waals surface area contributed by atoms with Gasteiger partial charge in [0.25, 0.3) is 0 Å². The lowest BCUT2D eigenvalue weighted by atomic mass is 9.86. The fourth-order valence-corrected chi connectivity index (χ4v) is 8.77. The van der Waals surface area contributed by atoms with Gasteiger partial charge in [-0.15, -0.1) is 0 Å². The largest absolute Gasteiger partial charge is 0.453 e. The van der Waals surface area contributed by atoms with Crippen molar-refractivity contribution >= 4 is 29.2 Å². The van der Waals surface area contributed by atoms with Crippen LogP contribution in [0.4, 0.5) is 4.79 Å². The maximum atomic E-state index is 14.2. The second-order valence-electron chi connectivity index (χ2n) is 16.1. The quantitative estimate of drug-likeness (QED) is 0.140. The highest BCUT2D eigenvalue weighted by atomic mass is 16.5. The minimum Gasteiger partial charge on any atom is -0.453 e. The number of aromatic amines is 1. The maximum Gasteiger partial charge on any atom is 0.407 e. The number of H-pyrrole nitrogens is 1. The van der Waals surface area contributed by atoms with Gasteiger partial charge < -0.3 is 24.8 Å². The number of allylic oxidation sites excluding steroid dienone is 1. The van der Waals surface area contributed by atoms with Crippen molar-refractivity contribution in [2.75, 3.05) is 33.3 Å². The van der Waals surface area contributed by atoms with Crippen molar-refractivity contribution in [2.24, 2.45) is 10.9 Å². The van der Waals surface area contributed by atoms with Crippen LogP contribution in [0.15, 0.2) is 96.3 Å². The Morgan fingerprint density at radius 3 is 2.09 bits per heavy atom. The number of likely N-dealkylation sites (tertiary alicyclic amines) is 2. The number of hydrogen-bond donors (Lipinski definition) is 2. The summed E-state index contributed by atoms with van der Waals surface area (Å²) in [4.78, 5) is 59.7. The highest BCUT2D eigenvalue weighted by Crippen LogP contribution is 2.37. The van der Waals surface area contributed by atoms with E-state index in [0.29, 0.717) is 13.0 Å². The monoisotopic (exact) mass is 783 g/mol. The van der Waals surface area contributed by atoms with E-state index in [2.05, 4.69) is 89.7 Å². The number of ether oxygens (including phenoxy) is 1. The van der Waals surface area contributed by atoms with Crippen molar-refractivity contribution in [1.29, 1.82) is 0 Å². The standard InChI is InChI=1S/C47H57N7O4/c1-7-52(8-2)42(36-14-10-9-11-15-36)44(55)53-26-13-17-41(53)43-49-30-39(50-43)35-24-22-33(23-25-35)32-18-20-34(21-19-32)37-28-38(48-29-37)40-16-12-27-54(40)45(56)47(5,31(3)4)51-46(57)58-6/h9-11,14-15,18-25,29-31,40-42H,7-8,12-13,16-17,26-28H2,1-6H3,(H,49,50)(H,51,57)/t40?,41?,42-,47-/m1/s1. The van der Waals surface area contributed by atoms with Gasteiger partial charge in [0.1, 0.15) is 17.4 Å². The molecule has 2 unspecified atom stereocenters. The fourth-order valence-electron chi connectivity index (χ4n) is 8.77. The molecule has 11 heteroatoms. The van der Waals surface area contributed by atoms with Crippen LogP contribution in [-0.4, -0.2) is 93.2 Å². The Bertz CT molecular complexity index is 2140. The molecule has 0 radical (unpaired) electrons. The van der Waals surface area contributed by atoms with Crippen LogP contribution >= 0.6 is 0 Å². The van der Waals surface area contributed by atoms with E-state index in [0.717, 1.165) is 95.9 Å². The van der Waals surface area contributed by atoms with Crippen LogP contribution in [0, 0.1) is 5.92 Å². The molecule has 11 nitrogen and oxygen atoms in total. The van der Waals surface area contributed by atoms with Crippen LogP contribution in [0.1, 0.15) is 95.8 Å². The number of alkyl carbamates (subject to hydrolysis) is 1. The molecule has 7 rings (SSSR count). The van der Waals surface area contributed by atoms with Crippen molar-refractivity contribution in [3.8, 4) is 22.4 Å². The SMILES string of the molecule is CCN(CC)[C@@H](C(=O)N1CCCC1c1ncc(-c2ccc(-c3ccc(C4=CN=C(C5CCCN5C(=O)[C@](C)(NC(=O)OC)C(C)C)C4)cc3)cc2)[nH]1)c1ccccc1. The number of aliphatic imine (C=N–C) groups is 1. The summed E-state index contributed by atoms with van der Waals surface area (Å²) in [7, 11) is 1.31. The third kappa shape index (κ3) is 8.09. The highest BCUT2D eigenvalue weighted by molar-refractivity contribution is 6.04. The molecule has 58 heavy (non-hydrogen) atoms. The number of likely N-dealkylation sites (N-methyl/N-ethyl adjacent to an activating group) is 1. The molecule has 0 bridgehead atoms. The Balaban J connectivity index is 0.988. The number of aromatic nitrogens is 2. The van der Waals surface area contributed by atoms with Gasteiger partial charge in [-0.25, -0.2) is 9.78 Å². The number of amides is 3. The molecule has 4 aromatic rings. The lowest BCUT2D eigenvalue weighted by Gasteiger charge is -2.38. The van der Waals surface area contributed by atoms with E-state index in [1.54, 1.807) is 6.92 Å². The Morgan fingerprint density at radius 2 is 1.47 bits per heavy atom. The molecule has 2 N–H and O–H groups in total. The first-order valence-electron chi connectivity index (χ1n) is 20.8. The molecule has 2 fully saturated rings. The van der Waals surface area contributed by atoms with Crippen molar-refractivity contribution in [3.05, 3.63) is 108 Å². The van der Waals surface area contributed by atoms with Crippen LogP contribution < -0.4 is 5.32 Å². The molecule has 304 valence electrons. The van der Waals surface area contributed by atoms with E-state index >= 15 is 0 Å². The van der Waals surface area contributed by atoms with Crippen LogP contribution in [0.5, 0.6) is 0 Å². The molecule has 4 atom stereocenters. The average molecular weight is 784 g/mol. The third-order valence-corrected chi connectivity index (χ3v) is 12.6. The summed E-state index contributed by atoms with van der Waals surface area (Å²) >= 11 is 0. The van der Waals surface area contributed by atoms with Crippen molar-refractivity contribution in [2.45, 2.75) is 90.4 Å². The van der Waals surface area contributed by atoms with Gasteiger partial charge in [0.15, 0.2) is 0 Å². The highest BCUT2D eigenvalue weighted by Gasteiger charge is 2.46. The van der Waals surface area contributed by atoms with E-state index in [-0.39, 0.29) is 35.9 Å². The zero-order chi connectivity index (χ0) is 41.0. The number of methoxy groups -OCH3 is 1. The first-order valence-corrected chi connectivity index (χ1v) is 20.8. The van der Waals surface area contributed by atoms with E-state index < -0.39 is 11.6 Å². The van der Waals surface area contributed by atoms with E-state index in [4.69, 9.17) is 14.7 Å². The summed E-state index contributed by atoms with van der Waals surface area (Å²) in [6.07, 6.45) is 7.43. The lowest BCUT2D eigenvalue weighted by Crippen LogP contribution is -2.62. The van der Waals surface area contributed by atoms with Gasteiger partial charge in [-0.1, -0.05) is 107 Å². The van der Waals surface area contributed by atoms with E-state index in [9.17, 15) is 14.4 Å². The summed E-state index contributed by atoms with van der Waals surface area (Å²) < 4.78 is 4.84. The van der Waals surface area contributed by atoms with Crippen LogP contribution in [-0.2, 0) is 14.3 Å². The maximum absolute atomic E-state index is 14.2. The Morgan fingerprint density at radius 1 is 0.862 bits per heavy atom. The smallest absolute Gasteiger partial charge is 0.407 e. The number of carbonyl (C=O) groups excluding carboxylic acids is 3. The van der Waals surface area contributed by atoms with Crippen LogP contribution in [0.3, 0.4) is 0 Å². The summed E-state index contributed by atoms with van der Waals surface area (Å²) in [5.41, 5.74) is 7.33. The number of hydrogen-bond acceptors (Lipinski definition) is 7.